The van der Waals surface area contributed by atoms with Gasteiger partial charge in [0.2, 0.25) is 0 Å². The van der Waals surface area contributed by atoms with E-state index in [0.29, 0.717) is 10.6 Å². The lowest BCUT2D eigenvalue weighted by atomic mass is 10.2. The van der Waals surface area contributed by atoms with Crippen LogP contribution in [0.3, 0.4) is 0 Å². The summed E-state index contributed by atoms with van der Waals surface area (Å²) in [6.45, 7) is 0. The van der Waals surface area contributed by atoms with Crippen molar-refractivity contribution in [2.75, 3.05) is 0 Å². The third-order valence-corrected chi connectivity index (χ3v) is 2.78. The highest BCUT2D eigenvalue weighted by Crippen LogP contribution is 2.19. The number of nitriles is 1. The van der Waals surface area contributed by atoms with Crippen LogP contribution in [0.15, 0.2) is 30.5 Å². The van der Waals surface area contributed by atoms with Crippen molar-refractivity contribution in [3.05, 3.63) is 44.7 Å². The zero-order valence-corrected chi connectivity index (χ0v) is 10.4. The maximum atomic E-state index is 8.73. The number of aromatic nitrogens is 2. The minimum atomic E-state index is 0.445. The van der Waals surface area contributed by atoms with E-state index in [1.807, 2.05) is 24.4 Å². The Morgan fingerprint density at radius 1 is 1.40 bits per heavy atom. The summed E-state index contributed by atoms with van der Waals surface area (Å²) in [6, 6.07) is 9.14. The van der Waals surface area contributed by atoms with Gasteiger partial charge in [-0.2, -0.15) is 10.4 Å². The predicted octanol–water partition coefficient (Wildman–Crippen LogP) is 3.00. The molecule has 0 fully saturated rings. The van der Waals surface area contributed by atoms with Gasteiger partial charge in [0.05, 0.1) is 16.3 Å². The summed E-state index contributed by atoms with van der Waals surface area (Å²) in [5.74, 6) is 0. The summed E-state index contributed by atoms with van der Waals surface area (Å²) in [6.07, 6.45) is 1.85. The fourth-order valence-corrected chi connectivity index (χ4v) is 1.79. The Bertz CT molecular complexity index is 542. The SMILES string of the molecule is N#Cc1ccc(-n2ccc(I)n2)cc1Cl. The van der Waals surface area contributed by atoms with Crippen molar-refractivity contribution in [1.82, 2.24) is 9.78 Å². The molecule has 0 radical (unpaired) electrons. The quantitative estimate of drug-likeness (QED) is 0.755. The number of hydrogen-bond acceptors (Lipinski definition) is 2. The van der Waals surface area contributed by atoms with Gasteiger partial charge in [0.1, 0.15) is 9.77 Å². The summed E-state index contributed by atoms with van der Waals surface area (Å²) >= 11 is 8.05. The standard InChI is InChI=1S/C10H5ClIN3/c11-9-5-8(2-1-7(9)6-13)15-4-3-10(12)14-15/h1-5H. The minimum Gasteiger partial charge on any atom is -0.240 e. The van der Waals surface area contributed by atoms with Crippen LogP contribution in [0.2, 0.25) is 5.02 Å². The van der Waals surface area contributed by atoms with Gasteiger partial charge in [-0.1, -0.05) is 11.6 Å². The lowest BCUT2D eigenvalue weighted by Gasteiger charge is -2.02. The van der Waals surface area contributed by atoms with Crippen LogP contribution in [-0.2, 0) is 0 Å². The Kier molecular flexibility index (Phi) is 2.93. The zero-order chi connectivity index (χ0) is 10.8. The molecule has 3 nitrogen and oxygen atoms in total. The molecule has 1 heterocycles. The third kappa shape index (κ3) is 2.13. The molecular formula is C10H5ClIN3. The summed E-state index contributed by atoms with van der Waals surface area (Å²) in [5.41, 5.74) is 1.32. The Morgan fingerprint density at radius 3 is 2.73 bits per heavy atom. The van der Waals surface area contributed by atoms with Crippen molar-refractivity contribution in [1.29, 1.82) is 5.26 Å². The van der Waals surface area contributed by atoms with Crippen LogP contribution < -0.4 is 0 Å². The van der Waals surface area contributed by atoms with Gasteiger partial charge in [0, 0.05) is 6.20 Å². The van der Waals surface area contributed by atoms with Gasteiger partial charge >= 0.3 is 0 Å². The average Bonchev–Trinajstić information content (AvgIpc) is 2.65. The molecule has 0 aliphatic rings. The molecule has 0 saturated carbocycles. The van der Waals surface area contributed by atoms with E-state index >= 15 is 0 Å². The number of nitrogens with zero attached hydrogens (tertiary/aromatic N) is 3. The highest BCUT2D eigenvalue weighted by atomic mass is 127. The molecule has 0 aliphatic carbocycles. The highest BCUT2D eigenvalue weighted by Gasteiger charge is 2.03. The van der Waals surface area contributed by atoms with Crippen LogP contribution in [0, 0.1) is 15.0 Å². The van der Waals surface area contributed by atoms with Crippen molar-refractivity contribution in [3.8, 4) is 11.8 Å². The molecule has 0 unspecified atom stereocenters. The van der Waals surface area contributed by atoms with E-state index in [2.05, 4.69) is 27.7 Å². The van der Waals surface area contributed by atoms with Gasteiger partial charge in [0.15, 0.2) is 0 Å². The molecule has 5 heteroatoms. The smallest absolute Gasteiger partial charge is 0.123 e. The maximum Gasteiger partial charge on any atom is 0.123 e. The van der Waals surface area contributed by atoms with E-state index in [1.54, 1.807) is 16.8 Å². The first-order valence-corrected chi connectivity index (χ1v) is 5.57. The van der Waals surface area contributed by atoms with Crippen LogP contribution in [0.1, 0.15) is 5.56 Å². The average molecular weight is 330 g/mol. The van der Waals surface area contributed by atoms with Gasteiger partial charge in [-0.25, -0.2) is 4.68 Å². The summed E-state index contributed by atoms with van der Waals surface area (Å²) in [4.78, 5) is 0. The Hall–Kier alpha value is -1.06. The molecule has 0 spiro atoms. The first kappa shape index (κ1) is 10.5. The number of halogens is 2. The van der Waals surface area contributed by atoms with E-state index in [4.69, 9.17) is 16.9 Å². The lowest BCUT2D eigenvalue weighted by molar-refractivity contribution is 0.869. The van der Waals surface area contributed by atoms with Gasteiger partial charge < -0.3 is 0 Å². The second-order valence-corrected chi connectivity index (χ2v) is 4.37. The van der Waals surface area contributed by atoms with E-state index in [1.165, 1.54) is 0 Å². The van der Waals surface area contributed by atoms with E-state index in [-0.39, 0.29) is 0 Å². The van der Waals surface area contributed by atoms with Crippen LogP contribution in [0.5, 0.6) is 0 Å². The summed E-state index contributed by atoms with van der Waals surface area (Å²) in [7, 11) is 0. The van der Waals surface area contributed by atoms with E-state index in [0.717, 1.165) is 9.39 Å². The van der Waals surface area contributed by atoms with Crippen molar-refractivity contribution >= 4 is 34.2 Å². The highest BCUT2D eigenvalue weighted by molar-refractivity contribution is 14.1. The Labute approximate surface area is 105 Å². The molecule has 74 valence electrons. The monoisotopic (exact) mass is 329 g/mol. The Morgan fingerprint density at radius 2 is 2.20 bits per heavy atom. The molecule has 0 atom stereocenters. The number of rotatable bonds is 1. The number of hydrogen-bond donors (Lipinski definition) is 0. The van der Waals surface area contributed by atoms with Crippen LogP contribution in [0.25, 0.3) is 5.69 Å². The zero-order valence-electron chi connectivity index (χ0n) is 7.48. The molecule has 0 N–H and O–H groups in total. The summed E-state index contributed by atoms with van der Waals surface area (Å²) < 4.78 is 2.63. The molecule has 2 rings (SSSR count). The third-order valence-electron chi connectivity index (χ3n) is 1.89. The van der Waals surface area contributed by atoms with Crippen molar-refractivity contribution in [2.45, 2.75) is 0 Å². The summed E-state index contributed by atoms with van der Waals surface area (Å²) in [5, 5.41) is 13.4. The fraction of sp³-hybridized carbons (Fsp3) is 0. The molecule has 0 bridgehead atoms. The topological polar surface area (TPSA) is 41.6 Å². The largest absolute Gasteiger partial charge is 0.240 e. The van der Waals surface area contributed by atoms with Crippen LogP contribution in [0.4, 0.5) is 0 Å². The molecule has 2 aromatic rings. The molecular weight excluding hydrogens is 324 g/mol. The molecule has 0 amide bonds. The van der Waals surface area contributed by atoms with Crippen LogP contribution in [-0.4, -0.2) is 9.78 Å². The van der Waals surface area contributed by atoms with Gasteiger partial charge in [-0.15, -0.1) is 0 Å². The molecule has 1 aromatic carbocycles. The second kappa shape index (κ2) is 4.21. The molecule has 0 aliphatic heterocycles. The normalized spacial score (nSPS) is 9.93. The number of benzene rings is 1. The van der Waals surface area contributed by atoms with Gasteiger partial charge in [-0.3, -0.25) is 0 Å². The van der Waals surface area contributed by atoms with Crippen LogP contribution >= 0.6 is 34.2 Å². The molecule has 15 heavy (non-hydrogen) atoms. The van der Waals surface area contributed by atoms with Gasteiger partial charge in [0.25, 0.3) is 0 Å². The predicted molar refractivity (Wildman–Crippen MR) is 66.0 cm³/mol. The first-order chi connectivity index (χ1) is 7.20. The fourth-order valence-electron chi connectivity index (χ4n) is 1.18. The Balaban J connectivity index is 2.48. The van der Waals surface area contributed by atoms with Crippen molar-refractivity contribution in [2.24, 2.45) is 0 Å². The molecule has 0 saturated heterocycles. The first-order valence-electron chi connectivity index (χ1n) is 4.12. The second-order valence-electron chi connectivity index (χ2n) is 2.86. The van der Waals surface area contributed by atoms with Crippen molar-refractivity contribution in [3.63, 3.8) is 0 Å². The van der Waals surface area contributed by atoms with Gasteiger partial charge in [-0.05, 0) is 46.9 Å². The maximum absolute atomic E-state index is 8.73. The molecule has 1 aromatic heterocycles. The van der Waals surface area contributed by atoms with E-state index in [9.17, 15) is 0 Å². The minimum absolute atomic E-state index is 0.445. The van der Waals surface area contributed by atoms with Crippen molar-refractivity contribution < 1.29 is 0 Å². The van der Waals surface area contributed by atoms with E-state index < -0.39 is 0 Å². The lowest BCUT2D eigenvalue weighted by Crippen LogP contribution is -1.95.